The number of anilines is 1. The van der Waals surface area contributed by atoms with Gasteiger partial charge >= 0.3 is 6.18 Å². The minimum Gasteiger partial charge on any atom is -0.383 e. The van der Waals surface area contributed by atoms with Crippen molar-refractivity contribution in [2.75, 3.05) is 25.5 Å². The van der Waals surface area contributed by atoms with E-state index in [1.165, 1.54) is 17.2 Å². The first-order valence-electron chi connectivity index (χ1n) is 9.53. The number of thiophene rings is 1. The number of rotatable bonds is 2. The Morgan fingerprint density at radius 1 is 1.23 bits per heavy atom. The molecule has 2 N–H and O–H groups in total. The number of aromatic nitrogens is 2. The van der Waals surface area contributed by atoms with Gasteiger partial charge in [0.1, 0.15) is 16.4 Å². The number of hydrogen-bond donors (Lipinski definition) is 1. The molecule has 0 radical (unpaired) electrons. The Bertz CT molecular complexity index is 1180. The van der Waals surface area contributed by atoms with Crippen molar-refractivity contribution in [3.05, 3.63) is 51.0 Å². The van der Waals surface area contributed by atoms with Crippen molar-refractivity contribution in [1.82, 2.24) is 14.9 Å². The zero-order valence-corrected chi connectivity index (χ0v) is 16.9. The standard InChI is InChI=1S/C20H17F3N4O3S/c21-20(22,23)17-2-1-16(31-17)15-9-29-4-3-27(15)19(28)13-5-10-11-7-30-8-12(11)18(24)26-14(10)6-25-13/h1-2,5-6,15H,3-4,7-9H2,(H2,24,26)/t15-/m1/s1. The average Bonchev–Trinajstić information content (AvgIpc) is 3.43. The van der Waals surface area contributed by atoms with Gasteiger partial charge in [0.2, 0.25) is 0 Å². The normalized spacial score (nSPS) is 19.1. The van der Waals surface area contributed by atoms with E-state index in [4.69, 9.17) is 15.2 Å². The van der Waals surface area contributed by atoms with Crippen LogP contribution in [0.3, 0.4) is 0 Å². The molecule has 2 aliphatic rings. The van der Waals surface area contributed by atoms with Gasteiger partial charge in [-0.25, -0.2) is 9.97 Å². The van der Waals surface area contributed by atoms with Crippen LogP contribution in [0.1, 0.15) is 37.4 Å². The maximum Gasteiger partial charge on any atom is 0.425 e. The Morgan fingerprint density at radius 3 is 2.81 bits per heavy atom. The molecule has 11 heteroatoms. The fourth-order valence-corrected chi connectivity index (χ4v) is 4.88. The van der Waals surface area contributed by atoms with Crippen LogP contribution in [0.2, 0.25) is 0 Å². The fourth-order valence-electron chi connectivity index (χ4n) is 3.91. The van der Waals surface area contributed by atoms with Crippen LogP contribution in [0.25, 0.3) is 10.9 Å². The number of nitrogen functional groups attached to an aromatic ring is 1. The van der Waals surface area contributed by atoms with Gasteiger partial charge in [-0.1, -0.05) is 0 Å². The van der Waals surface area contributed by atoms with Crippen molar-refractivity contribution in [2.24, 2.45) is 0 Å². The summed E-state index contributed by atoms with van der Waals surface area (Å²) in [5.74, 6) is 0.00827. The lowest BCUT2D eigenvalue weighted by atomic mass is 10.0. The first-order chi connectivity index (χ1) is 14.8. The zero-order chi connectivity index (χ0) is 21.8. The molecule has 0 unspecified atom stereocenters. The van der Waals surface area contributed by atoms with E-state index < -0.39 is 17.1 Å². The summed E-state index contributed by atoms with van der Waals surface area (Å²) in [4.78, 5) is 23.1. The smallest absolute Gasteiger partial charge is 0.383 e. The van der Waals surface area contributed by atoms with Gasteiger partial charge in [0, 0.05) is 22.4 Å². The number of hydrogen-bond acceptors (Lipinski definition) is 7. The molecule has 1 saturated heterocycles. The quantitative estimate of drug-likeness (QED) is 0.642. The average molecular weight is 450 g/mol. The monoisotopic (exact) mass is 450 g/mol. The third-order valence-corrected chi connectivity index (χ3v) is 6.69. The summed E-state index contributed by atoms with van der Waals surface area (Å²) in [6.45, 7) is 1.41. The largest absolute Gasteiger partial charge is 0.425 e. The summed E-state index contributed by atoms with van der Waals surface area (Å²) < 4.78 is 50.1. The number of carbonyl (C=O) groups is 1. The second-order valence-corrected chi connectivity index (χ2v) is 8.44. The third kappa shape index (κ3) is 3.52. The van der Waals surface area contributed by atoms with Crippen LogP contribution in [-0.4, -0.2) is 40.5 Å². The highest BCUT2D eigenvalue weighted by Gasteiger charge is 2.36. The van der Waals surface area contributed by atoms with Crippen molar-refractivity contribution in [2.45, 2.75) is 25.4 Å². The third-order valence-electron chi connectivity index (χ3n) is 5.46. The van der Waals surface area contributed by atoms with Gasteiger partial charge in [-0.05, 0) is 23.8 Å². The minimum atomic E-state index is -4.43. The number of alkyl halides is 3. The second-order valence-electron chi connectivity index (χ2n) is 7.32. The van der Waals surface area contributed by atoms with Crippen LogP contribution in [0, 0.1) is 0 Å². The molecule has 7 nitrogen and oxygen atoms in total. The highest BCUT2D eigenvalue weighted by atomic mass is 32.1. The Kier molecular flexibility index (Phi) is 4.83. The van der Waals surface area contributed by atoms with E-state index in [9.17, 15) is 18.0 Å². The van der Waals surface area contributed by atoms with E-state index in [0.717, 1.165) is 22.6 Å². The van der Waals surface area contributed by atoms with Crippen molar-refractivity contribution in [1.29, 1.82) is 0 Å². The molecule has 1 amide bonds. The summed E-state index contributed by atoms with van der Waals surface area (Å²) in [6, 6.07) is 3.47. The molecular formula is C20H17F3N4O3S. The van der Waals surface area contributed by atoms with Gasteiger partial charge in [0.05, 0.1) is 44.2 Å². The number of nitrogens with two attached hydrogens (primary N) is 1. The minimum absolute atomic E-state index is 0.123. The van der Waals surface area contributed by atoms with Crippen LogP contribution in [0.4, 0.5) is 19.0 Å². The number of morpholine rings is 1. The maximum atomic E-state index is 13.3. The van der Waals surface area contributed by atoms with Gasteiger partial charge < -0.3 is 20.1 Å². The molecule has 3 aromatic heterocycles. The summed E-state index contributed by atoms with van der Waals surface area (Å²) in [5, 5.41) is 0.736. The predicted molar refractivity (Wildman–Crippen MR) is 106 cm³/mol. The van der Waals surface area contributed by atoms with E-state index in [0.29, 0.717) is 47.4 Å². The number of halogens is 3. The van der Waals surface area contributed by atoms with E-state index in [1.54, 1.807) is 6.07 Å². The zero-order valence-electron chi connectivity index (χ0n) is 16.1. The predicted octanol–water partition coefficient (Wildman–Crippen LogP) is 3.54. The van der Waals surface area contributed by atoms with Gasteiger partial charge in [-0.2, -0.15) is 13.2 Å². The first-order valence-corrected chi connectivity index (χ1v) is 10.3. The van der Waals surface area contributed by atoms with Crippen LogP contribution in [-0.2, 0) is 28.9 Å². The topological polar surface area (TPSA) is 90.6 Å². The molecule has 0 bridgehead atoms. The maximum absolute atomic E-state index is 13.3. The molecule has 162 valence electrons. The molecule has 0 aromatic carbocycles. The molecule has 3 aromatic rings. The highest BCUT2D eigenvalue weighted by Crippen LogP contribution is 2.39. The van der Waals surface area contributed by atoms with Crippen molar-refractivity contribution in [3.8, 4) is 0 Å². The van der Waals surface area contributed by atoms with Crippen LogP contribution < -0.4 is 5.73 Å². The Labute approximate surface area is 178 Å². The molecule has 1 fully saturated rings. The van der Waals surface area contributed by atoms with Crippen LogP contribution in [0.5, 0.6) is 0 Å². The Balaban J connectivity index is 1.50. The van der Waals surface area contributed by atoms with E-state index in [2.05, 4.69) is 9.97 Å². The highest BCUT2D eigenvalue weighted by molar-refractivity contribution is 7.12. The Morgan fingerprint density at radius 2 is 2.03 bits per heavy atom. The van der Waals surface area contributed by atoms with Gasteiger partial charge in [-0.3, -0.25) is 4.79 Å². The SMILES string of the molecule is Nc1nc2cnc(C(=O)N3CCOC[C@@H]3c3ccc(C(F)(F)F)s3)cc2c2c1COC2. The number of carbonyl (C=O) groups excluding carboxylic acids is 1. The number of ether oxygens (including phenoxy) is 2. The lowest BCUT2D eigenvalue weighted by molar-refractivity contribution is -0.134. The summed E-state index contributed by atoms with van der Waals surface area (Å²) in [5.41, 5.74) is 8.41. The lowest BCUT2D eigenvalue weighted by Gasteiger charge is -2.35. The van der Waals surface area contributed by atoms with Crippen molar-refractivity contribution >= 4 is 34.0 Å². The molecule has 0 saturated carbocycles. The molecule has 5 rings (SSSR count). The van der Waals surface area contributed by atoms with Crippen molar-refractivity contribution in [3.63, 3.8) is 0 Å². The molecule has 0 aliphatic carbocycles. The van der Waals surface area contributed by atoms with E-state index in [-0.39, 0.29) is 24.8 Å². The van der Waals surface area contributed by atoms with Gasteiger partial charge in [0.25, 0.3) is 5.91 Å². The molecule has 31 heavy (non-hydrogen) atoms. The number of amides is 1. The molecule has 1 atom stereocenters. The first kappa shape index (κ1) is 20.2. The lowest BCUT2D eigenvalue weighted by Crippen LogP contribution is -2.43. The second kappa shape index (κ2) is 7.43. The van der Waals surface area contributed by atoms with Gasteiger partial charge in [-0.15, -0.1) is 11.3 Å². The van der Waals surface area contributed by atoms with Crippen LogP contribution >= 0.6 is 11.3 Å². The summed E-state index contributed by atoms with van der Waals surface area (Å²) >= 11 is 0.623. The number of pyridine rings is 2. The van der Waals surface area contributed by atoms with Crippen molar-refractivity contribution < 1.29 is 27.4 Å². The molecule has 5 heterocycles. The molecular weight excluding hydrogens is 433 g/mol. The molecule has 2 aliphatic heterocycles. The van der Waals surface area contributed by atoms with E-state index in [1.807, 2.05) is 0 Å². The molecule has 0 spiro atoms. The van der Waals surface area contributed by atoms with Gasteiger partial charge in [0.15, 0.2) is 0 Å². The summed E-state index contributed by atoms with van der Waals surface area (Å²) in [7, 11) is 0. The van der Waals surface area contributed by atoms with Crippen LogP contribution in [0.15, 0.2) is 24.4 Å². The fraction of sp³-hybridized carbons (Fsp3) is 0.350. The Hall–Kier alpha value is -2.76. The number of fused-ring (bicyclic) bond motifs is 3. The number of nitrogens with zero attached hydrogens (tertiary/aromatic N) is 3. The van der Waals surface area contributed by atoms with E-state index >= 15 is 0 Å². The summed E-state index contributed by atoms with van der Waals surface area (Å²) in [6.07, 6.45) is -2.94.